The van der Waals surface area contributed by atoms with Crippen LogP contribution < -0.4 is 5.73 Å². The molecule has 0 radical (unpaired) electrons. The molecule has 0 aliphatic carbocycles. The van der Waals surface area contributed by atoms with Gasteiger partial charge in [0.25, 0.3) is 0 Å². The van der Waals surface area contributed by atoms with E-state index >= 15 is 0 Å². The zero-order valence-corrected chi connectivity index (χ0v) is 12.7. The van der Waals surface area contributed by atoms with Crippen molar-refractivity contribution in [1.82, 2.24) is 0 Å². The highest BCUT2D eigenvalue weighted by Gasteiger charge is 2.11. The van der Waals surface area contributed by atoms with Crippen molar-refractivity contribution in [2.24, 2.45) is 0 Å². The Morgan fingerprint density at radius 2 is 1.70 bits per heavy atom. The minimum Gasteiger partial charge on any atom is -0.396 e. The molecule has 0 aliphatic heterocycles. The number of rotatable bonds is 3. The predicted octanol–water partition coefficient (Wildman–Crippen LogP) is 3.64. The maximum atomic E-state index is 13.4. The number of hydrogen-bond acceptors (Lipinski definition) is 2. The van der Waals surface area contributed by atoms with Crippen molar-refractivity contribution >= 4 is 16.5 Å². The quantitative estimate of drug-likeness (QED) is 0.877. The van der Waals surface area contributed by atoms with Crippen molar-refractivity contribution in [2.75, 3.05) is 5.73 Å². The Bertz CT molecular complexity index is 659. The Labute approximate surface area is 121 Å². The molecule has 1 atom stereocenters. The molecule has 0 saturated carbocycles. The van der Waals surface area contributed by atoms with E-state index in [1.54, 1.807) is 6.07 Å². The molecule has 0 bridgehead atoms. The Kier molecular flexibility index (Phi) is 4.23. The topological polar surface area (TPSA) is 43.1 Å². The summed E-state index contributed by atoms with van der Waals surface area (Å²) in [4.78, 5) is 0.469. The summed E-state index contributed by atoms with van der Waals surface area (Å²) in [6.45, 7) is 6.06. The Morgan fingerprint density at radius 1 is 1.10 bits per heavy atom. The molecule has 2 aromatic carbocycles. The zero-order chi connectivity index (χ0) is 14.9. The van der Waals surface area contributed by atoms with E-state index in [0.717, 1.165) is 16.7 Å². The third-order valence-corrected chi connectivity index (χ3v) is 4.68. The molecule has 106 valence electrons. The van der Waals surface area contributed by atoms with Crippen LogP contribution in [0.2, 0.25) is 0 Å². The Hall–Kier alpha value is -1.68. The summed E-state index contributed by atoms with van der Waals surface area (Å²) in [5, 5.41) is 0. The van der Waals surface area contributed by atoms with E-state index in [0.29, 0.717) is 10.6 Å². The predicted molar refractivity (Wildman–Crippen MR) is 81.6 cm³/mol. The molecule has 0 aliphatic rings. The van der Waals surface area contributed by atoms with Gasteiger partial charge in [0.05, 0.1) is 22.2 Å². The molecule has 2 N–H and O–H groups in total. The number of halogens is 1. The van der Waals surface area contributed by atoms with Crippen molar-refractivity contribution < 1.29 is 8.60 Å². The van der Waals surface area contributed by atoms with E-state index in [2.05, 4.69) is 12.1 Å². The van der Waals surface area contributed by atoms with Gasteiger partial charge >= 0.3 is 0 Å². The van der Waals surface area contributed by atoms with Crippen LogP contribution in [0.25, 0.3) is 0 Å². The first-order valence-corrected chi connectivity index (χ1v) is 7.70. The summed E-state index contributed by atoms with van der Waals surface area (Å²) >= 11 is 0. The lowest BCUT2D eigenvalue weighted by Gasteiger charge is -2.11. The van der Waals surface area contributed by atoms with Gasteiger partial charge in [0, 0.05) is 4.90 Å². The van der Waals surface area contributed by atoms with Crippen molar-refractivity contribution in [3.8, 4) is 0 Å². The fourth-order valence-electron chi connectivity index (χ4n) is 2.30. The van der Waals surface area contributed by atoms with E-state index in [-0.39, 0.29) is 5.69 Å². The molecule has 0 amide bonds. The van der Waals surface area contributed by atoms with Gasteiger partial charge in [-0.3, -0.25) is 4.21 Å². The van der Waals surface area contributed by atoms with Crippen LogP contribution in [-0.2, 0) is 16.6 Å². The molecule has 1 unspecified atom stereocenters. The van der Waals surface area contributed by atoms with Gasteiger partial charge in [0.1, 0.15) is 5.82 Å². The minimum atomic E-state index is -1.28. The van der Waals surface area contributed by atoms with Gasteiger partial charge in [-0.15, -0.1) is 0 Å². The van der Waals surface area contributed by atoms with Crippen LogP contribution in [0.3, 0.4) is 0 Å². The van der Waals surface area contributed by atoms with Gasteiger partial charge in [-0.1, -0.05) is 17.7 Å². The zero-order valence-electron chi connectivity index (χ0n) is 11.9. The van der Waals surface area contributed by atoms with Crippen LogP contribution in [0.15, 0.2) is 35.2 Å². The molecule has 0 saturated heterocycles. The number of aryl methyl sites for hydroxylation is 3. The average Bonchev–Trinajstić information content (AvgIpc) is 2.36. The summed E-state index contributed by atoms with van der Waals surface area (Å²) in [5.41, 5.74) is 9.99. The lowest BCUT2D eigenvalue weighted by molar-refractivity contribution is 0.627. The molecule has 0 aromatic heterocycles. The standard InChI is InChI=1S/C16H18FNOS/c1-10-6-11(2)14(12(3)7-10)9-20(19)13-4-5-16(18)15(17)8-13/h4-8H,9,18H2,1-3H3. The fourth-order valence-corrected chi connectivity index (χ4v) is 3.64. The molecule has 2 rings (SSSR count). The molecule has 2 nitrogen and oxygen atoms in total. The largest absolute Gasteiger partial charge is 0.396 e. The van der Waals surface area contributed by atoms with E-state index in [1.807, 2.05) is 20.8 Å². The van der Waals surface area contributed by atoms with E-state index in [9.17, 15) is 8.60 Å². The molecule has 2 aromatic rings. The lowest BCUT2D eigenvalue weighted by Crippen LogP contribution is -2.02. The first kappa shape index (κ1) is 14.7. The van der Waals surface area contributed by atoms with Crippen LogP contribution in [0, 0.1) is 26.6 Å². The van der Waals surface area contributed by atoms with Crippen molar-refractivity contribution in [2.45, 2.75) is 31.4 Å². The van der Waals surface area contributed by atoms with Gasteiger partial charge < -0.3 is 5.73 Å². The van der Waals surface area contributed by atoms with Gasteiger partial charge in [0.15, 0.2) is 0 Å². The molecule has 0 spiro atoms. The SMILES string of the molecule is Cc1cc(C)c(CS(=O)c2ccc(N)c(F)c2)c(C)c1. The van der Waals surface area contributed by atoms with Crippen molar-refractivity contribution in [3.63, 3.8) is 0 Å². The van der Waals surface area contributed by atoms with Crippen LogP contribution in [0.4, 0.5) is 10.1 Å². The highest BCUT2D eigenvalue weighted by atomic mass is 32.2. The summed E-state index contributed by atoms with van der Waals surface area (Å²) in [6.07, 6.45) is 0. The van der Waals surface area contributed by atoms with Crippen molar-refractivity contribution in [1.29, 1.82) is 0 Å². The van der Waals surface area contributed by atoms with E-state index < -0.39 is 16.6 Å². The third kappa shape index (κ3) is 3.07. The first-order chi connectivity index (χ1) is 9.38. The summed E-state index contributed by atoms with van der Waals surface area (Å²) in [5.74, 6) is -0.130. The smallest absolute Gasteiger partial charge is 0.147 e. The molecule has 0 fully saturated rings. The highest BCUT2D eigenvalue weighted by Crippen LogP contribution is 2.22. The second-order valence-electron chi connectivity index (χ2n) is 5.05. The Morgan fingerprint density at radius 3 is 2.25 bits per heavy atom. The minimum absolute atomic E-state index is 0.0773. The molecular formula is C16H18FNOS. The van der Waals surface area contributed by atoms with E-state index in [1.165, 1.54) is 17.7 Å². The van der Waals surface area contributed by atoms with Gasteiger partial charge in [-0.2, -0.15) is 0 Å². The average molecular weight is 291 g/mol. The monoisotopic (exact) mass is 291 g/mol. The summed E-state index contributed by atoms with van der Waals surface area (Å²) < 4.78 is 25.8. The number of nitrogen functional groups attached to an aromatic ring is 1. The second kappa shape index (κ2) is 5.75. The number of anilines is 1. The lowest BCUT2D eigenvalue weighted by atomic mass is 10.0. The normalized spacial score (nSPS) is 12.4. The molecular weight excluding hydrogens is 273 g/mol. The van der Waals surface area contributed by atoms with Crippen LogP contribution >= 0.6 is 0 Å². The summed E-state index contributed by atoms with van der Waals surface area (Å²) in [6, 6.07) is 8.47. The maximum Gasteiger partial charge on any atom is 0.147 e. The van der Waals surface area contributed by atoms with Gasteiger partial charge in [0.2, 0.25) is 0 Å². The van der Waals surface area contributed by atoms with Crippen molar-refractivity contribution in [3.05, 3.63) is 58.4 Å². The van der Waals surface area contributed by atoms with Gasteiger partial charge in [-0.25, -0.2) is 4.39 Å². The van der Waals surface area contributed by atoms with Gasteiger partial charge in [-0.05, 0) is 55.7 Å². The molecule has 4 heteroatoms. The second-order valence-corrected chi connectivity index (χ2v) is 6.50. The molecule has 0 heterocycles. The van der Waals surface area contributed by atoms with Crippen LogP contribution in [0.1, 0.15) is 22.3 Å². The summed E-state index contributed by atoms with van der Waals surface area (Å²) in [7, 11) is -1.28. The molecule has 20 heavy (non-hydrogen) atoms. The number of benzene rings is 2. The fraction of sp³-hybridized carbons (Fsp3) is 0.250. The van der Waals surface area contributed by atoms with Crippen LogP contribution in [-0.4, -0.2) is 4.21 Å². The van der Waals surface area contributed by atoms with E-state index in [4.69, 9.17) is 5.73 Å². The maximum absolute atomic E-state index is 13.4. The number of nitrogens with two attached hydrogens (primary N) is 1. The first-order valence-electron chi connectivity index (χ1n) is 6.38. The Balaban J connectivity index is 2.30. The third-order valence-electron chi connectivity index (χ3n) is 3.35. The number of hydrogen-bond donors (Lipinski definition) is 1. The highest BCUT2D eigenvalue weighted by molar-refractivity contribution is 7.84. The van der Waals surface area contributed by atoms with Crippen LogP contribution in [0.5, 0.6) is 0 Å².